The molecule has 4 heterocycles. The van der Waals surface area contributed by atoms with Gasteiger partial charge in [-0.05, 0) is 42.2 Å². The monoisotopic (exact) mass is 471 g/mol. The van der Waals surface area contributed by atoms with Crippen LogP contribution in [-0.4, -0.2) is 49.6 Å². The Labute approximate surface area is 191 Å². The molecule has 7 atom stereocenters. The fourth-order valence-corrected chi connectivity index (χ4v) is 9.51. The summed E-state index contributed by atoms with van der Waals surface area (Å²) in [6.07, 6.45) is 4.63. The molecule has 2 N–H and O–H groups in total. The van der Waals surface area contributed by atoms with Crippen LogP contribution in [-0.2, 0) is 14.4 Å². The molecule has 32 heavy (non-hydrogen) atoms. The van der Waals surface area contributed by atoms with Gasteiger partial charge in [0.25, 0.3) is 0 Å². The number of H-pyrrole nitrogens is 1. The Morgan fingerprint density at radius 1 is 1.22 bits per heavy atom. The Hall–Kier alpha value is -2.46. The number of imide groups is 1. The number of nitrogens with one attached hydrogen (secondary N) is 1. The third-order valence-corrected chi connectivity index (χ3v) is 10.2. The summed E-state index contributed by atoms with van der Waals surface area (Å²) in [5.41, 5.74) is 1.04. The van der Waals surface area contributed by atoms with Gasteiger partial charge in [-0.15, -0.1) is 11.8 Å². The van der Waals surface area contributed by atoms with Crippen LogP contribution in [0.4, 0.5) is 0 Å². The first-order valence-electron chi connectivity index (χ1n) is 10.8. The van der Waals surface area contributed by atoms with E-state index >= 15 is 0 Å². The summed E-state index contributed by atoms with van der Waals surface area (Å²) in [6.45, 7) is 0.172. The average molecular weight is 472 g/mol. The number of amides is 2. The van der Waals surface area contributed by atoms with Gasteiger partial charge >= 0.3 is 10.8 Å². The predicted molar refractivity (Wildman–Crippen MR) is 116 cm³/mol. The van der Waals surface area contributed by atoms with Crippen molar-refractivity contribution in [3.8, 4) is 0 Å². The maximum absolute atomic E-state index is 13.3. The second-order valence-corrected chi connectivity index (χ2v) is 11.3. The van der Waals surface area contributed by atoms with Crippen molar-refractivity contribution in [2.24, 2.45) is 29.6 Å². The molecule has 2 bridgehead atoms. The van der Waals surface area contributed by atoms with Crippen LogP contribution in [0.5, 0.6) is 0 Å². The van der Waals surface area contributed by atoms with Gasteiger partial charge in [-0.1, -0.05) is 17.4 Å². The number of thiazole rings is 1. The summed E-state index contributed by atoms with van der Waals surface area (Å²) in [5.74, 6) is -1.58. The van der Waals surface area contributed by atoms with Crippen LogP contribution < -0.4 is 4.87 Å². The minimum atomic E-state index is -0.925. The normalized spacial score (nSPS) is 34.5. The van der Waals surface area contributed by atoms with Crippen LogP contribution in [0.25, 0.3) is 0 Å². The molecule has 1 saturated heterocycles. The van der Waals surface area contributed by atoms with Crippen molar-refractivity contribution in [2.75, 3.05) is 6.54 Å². The topological polar surface area (TPSA) is 120 Å². The maximum atomic E-state index is 13.3. The van der Waals surface area contributed by atoms with Gasteiger partial charge in [0.2, 0.25) is 11.8 Å². The molecule has 2 aromatic heterocycles. The van der Waals surface area contributed by atoms with Crippen LogP contribution >= 0.6 is 23.1 Å². The average Bonchev–Trinajstić information content (AvgIpc) is 3.49. The lowest BCUT2D eigenvalue weighted by Gasteiger charge is -2.42. The van der Waals surface area contributed by atoms with E-state index in [-0.39, 0.29) is 76.8 Å². The highest BCUT2D eigenvalue weighted by molar-refractivity contribution is 8.00. The van der Waals surface area contributed by atoms with Gasteiger partial charge in [0, 0.05) is 41.4 Å². The minimum absolute atomic E-state index is 0.0196. The van der Waals surface area contributed by atoms with Crippen LogP contribution in [0.3, 0.4) is 0 Å². The molecule has 166 valence electrons. The predicted octanol–water partition coefficient (Wildman–Crippen LogP) is 2.17. The number of fused-ring (bicyclic) bond motifs is 9. The van der Waals surface area contributed by atoms with E-state index in [0.29, 0.717) is 0 Å². The van der Waals surface area contributed by atoms with Gasteiger partial charge in [0.15, 0.2) is 0 Å². The number of hydrogen-bond donors (Lipinski definition) is 2. The van der Waals surface area contributed by atoms with E-state index in [1.807, 2.05) is 18.3 Å². The number of hydrogen-bond acceptors (Lipinski definition) is 7. The van der Waals surface area contributed by atoms with Crippen molar-refractivity contribution in [3.05, 3.63) is 44.6 Å². The molecule has 2 aliphatic carbocycles. The molecule has 0 radical (unpaired) electrons. The van der Waals surface area contributed by atoms with Gasteiger partial charge in [0.05, 0.1) is 16.9 Å². The molecular formula is C22H21N3O5S2. The molecule has 2 amide bonds. The van der Waals surface area contributed by atoms with E-state index in [9.17, 15) is 19.2 Å². The zero-order valence-corrected chi connectivity index (χ0v) is 18.6. The lowest BCUT2D eigenvalue weighted by molar-refractivity contribution is -0.142. The molecule has 3 fully saturated rings. The van der Waals surface area contributed by atoms with Crippen molar-refractivity contribution in [1.82, 2.24) is 14.9 Å². The highest BCUT2D eigenvalue weighted by Crippen LogP contribution is 2.68. The second kappa shape index (κ2) is 7.28. The zero-order valence-electron chi connectivity index (χ0n) is 17.0. The van der Waals surface area contributed by atoms with E-state index in [1.54, 1.807) is 18.0 Å². The molecule has 6 rings (SSSR count). The Balaban J connectivity index is 1.37. The molecule has 0 spiro atoms. The standard InChI is InChI=1S/C22H21N3O5S2/c26-12(27)4-2-6-25-20(28)15-10-7-11(16(15)21(25)29)17-14(10)13(9-3-1-5-23-8-9)18-19(31-17)24-22(30)32-18/h1,3,5,8,10-11,13-17H,2,4,6-7H2,(H,24,30)(H,26,27)/t10-,11-,13-,14+,15+,16+,17-/m1/s1. The SMILES string of the molecule is O=C(O)CCCN1C(=O)[C@H]2[C@H]3C[C@@H]([C@@H]2C1=O)[C@H]1[C@@H](c2cccnc2)c2sc(=O)[nH]c2S[C@H]31. The Morgan fingerprint density at radius 2 is 2.00 bits per heavy atom. The van der Waals surface area contributed by atoms with Gasteiger partial charge < -0.3 is 10.1 Å². The zero-order chi connectivity index (χ0) is 22.1. The summed E-state index contributed by atoms with van der Waals surface area (Å²) in [6, 6.07) is 3.92. The summed E-state index contributed by atoms with van der Waals surface area (Å²) in [7, 11) is 0. The van der Waals surface area contributed by atoms with E-state index in [1.165, 1.54) is 16.2 Å². The van der Waals surface area contributed by atoms with Crippen molar-refractivity contribution in [2.45, 2.75) is 35.5 Å². The first-order valence-corrected chi connectivity index (χ1v) is 12.5. The van der Waals surface area contributed by atoms with Gasteiger partial charge in [0.1, 0.15) is 0 Å². The van der Waals surface area contributed by atoms with Crippen LogP contribution in [0, 0.1) is 29.6 Å². The molecular weight excluding hydrogens is 450 g/mol. The fourth-order valence-electron chi connectivity index (χ4n) is 6.62. The number of carboxylic acid groups (broad SMARTS) is 1. The number of aromatic nitrogens is 2. The van der Waals surface area contributed by atoms with E-state index in [2.05, 4.69) is 9.97 Å². The summed E-state index contributed by atoms with van der Waals surface area (Å²) in [5, 5.41) is 9.95. The van der Waals surface area contributed by atoms with Gasteiger partial charge in [-0.25, -0.2) is 0 Å². The molecule has 0 unspecified atom stereocenters. The van der Waals surface area contributed by atoms with Crippen LogP contribution in [0.15, 0.2) is 34.3 Å². The Bertz CT molecular complexity index is 1180. The highest BCUT2D eigenvalue weighted by atomic mass is 32.2. The van der Waals surface area contributed by atoms with Crippen LogP contribution in [0.2, 0.25) is 0 Å². The number of thioether (sulfide) groups is 1. The van der Waals surface area contributed by atoms with Gasteiger partial charge in [-0.3, -0.25) is 29.1 Å². The quantitative estimate of drug-likeness (QED) is 0.641. The number of pyridine rings is 1. The number of rotatable bonds is 5. The van der Waals surface area contributed by atoms with Crippen molar-refractivity contribution in [3.63, 3.8) is 0 Å². The Morgan fingerprint density at radius 3 is 2.72 bits per heavy atom. The lowest BCUT2D eigenvalue weighted by atomic mass is 9.68. The molecule has 2 aliphatic heterocycles. The van der Waals surface area contributed by atoms with Gasteiger partial charge in [-0.2, -0.15) is 0 Å². The lowest BCUT2D eigenvalue weighted by Crippen LogP contribution is -2.42. The summed E-state index contributed by atoms with van der Waals surface area (Å²) in [4.78, 5) is 59.1. The number of aliphatic carboxylic acids is 1. The summed E-state index contributed by atoms with van der Waals surface area (Å²) >= 11 is 2.89. The fraction of sp³-hybridized carbons (Fsp3) is 0.500. The number of likely N-dealkylation sites (tertiary alicyclic amines) is 1. The molecule has 2 aromatic rings. The van der Waals surface area contributed by atoms with E-state index < -0.39 is 5.97 Å². The third-order valence-electron chi connectivity index (χ3n) is 7.63. The maximum Gasteiger partial charge on any atom is 0.305 e. The smallest absolute Gasteiger partial charge is 0.305 e. The number of aromatic amines is 1. The molecule has 10 heteroatoms. The number of carbonyl (C=O) groups excluding carboxylic acids is 2. The van der Waals surface area contributed by atoms with E-state index in [0.717, 1.165) is 21.9 Å². The second-order valence-electron chi connectivity index (χ2n) is 9.07. The molecule has 4 aliphatic rings. The summed E-state index contributed by atoms with van der Waals surface area (Å²) < 4.78 is 0. The van der Waals surface area contributed by atoms with Crippen molar-refractivity contribution < 1.29 is 19.5 Å². The molecule has 0 aromatic carbocycles. The van der Waals surface area contributed by atoms with Crippen molar-refractivity contribution in [1.29, 1.82) is 0 Å². The molecule has 2 saturated carbocycles. The van der Waals surface area contributed by atoms with Crippen LogP contribution in [0.1, 0.15) is 35.6 Å². The Kier molecular flexibility index (Phi) is 4.59. The number of nitrogens with zero attached hydrogens (tertiary/aromatic N) is 2. The van der Waals surface area contributed by atoms with E-state index in [4.69, 9.17) is 5.11 Å². The van der Waals surface area contributed by atoms with Crippen molar-refractivity contribution >= 4 is 40.9 Å². The number of carbonyl (C=O) groups is 3. The largest absolute Gasteiger partial charge is 0.481 e. The number of carboxylic acids is 1. The highest BCUT2D eigenvalue weighted by Gasteiger charge is 2.69. The first-order chi connectivity index (χ1) is 15.5. The first kappa shape index (κ1) is 20.2. The molecule has 8 nitrogen and oxygen atoms in total. The third kappa shape index (κ3) is 2.78. The minimum Gasteiger partial charge on any atom is -0.481 e.